The molecule has 1 fully saturated rings. The number of ether oxygens (including phenoxy) is 1. The molecule has 0 aromatic carbocycles. The third-order valence-electron chi connectivity index (χ3n) is 4.35. The molecule has 118 valence electrons. The highest BCUT2D eigenvalue weighted by molar-refractivity contribution is 14.1. The Morgan fingerprint density at radius 3 is 2.62 bits per heavy atom. The number of nitrogens with zero attached hydrogens (tertiary/aromatic N) is 1. The highest BCUT2D eigenvalue weighted by Gasteiger charge is 2.40. The van der Waals surface area contributed by atoms with Crippen LogP contribution in [0, 0.1) is 9.49 Å². The van der Waals surface area contributed by atoms with E-state index in [1.165, 1.54) is 6.42 Å². The summed E-state index contributed by atoms with van der Waals surface area (Å²) in [6, 6.07) is 0. The van der Waals surface area contributed by atoms with Crippen molar-refractivity contribution >= 4 is 22.6 Å². The average molecular weight is 404 g/mol. The van der Waals surface area contributed by atoms with Crippen molar-refractivity contribution < 1.29 is 4.74 Å². The van der Waals surface area contributed by atoms with Gasteiger partial charge in [0.05, 0.1) is 5.69 Å². The molecule has 2 atom stereocenters. The van der Waals surface area contributed by atoms with Gasteiger partial charge in [0.2, 0.25) is 0 Å². The average Bonchev–Trinajstić information content (AvgIpc) is 2.40. The first-order valence-corrected chi connectivity index (χ1v) is 8.63. The van der Waals surface area contributed by atoms with Gasteiger partial charge in [-0.15, -0.1) is 0 Å². The third kappa shape index (κ3) is 3.33. The van der Waals surface area contributed by atoms with Crippen molar-refractivity contribution in [2.45, 2.75) is 64.4 Å². The second kappa shape index (κ2) is 5.99. The second-order valence-corrected chi connectivity index (χ2v) is 8.31. The van der Waals surface area contributed by atoms with Gasteiger partial charge in [0.15, 0.2) is 0 Å². The fraction of sp³-hybridized carbons (Fsp3) is 0.750. The van der Waals surface area contributed by atoms with Gasteiger partial charge < -0.3 is 9.72 Å². The van der Waals surface area contributed by atoms with Crippen LogP contribution in [0.25, 0.3) is 0 Å². The molecule has 5 heteroatoms. The molecular formula is C16H25IN2O2. The Bertz CT molecular complexity index is 577. The standard InChI is InChI=1S/C16H25IN2O2/c1-10-7-6-8-16(9-10,21-5)14-18-12(15(2,3)4)11(17)13(20)19-14/h10H,6-9H2,1-5H3,(H,18,19,20). The summed E-state index contributed by atoms with van der Waals surface area (Å²) < 4.78 is 6.54. The zero-order chi connectivity index (χ0) is 15.8. The summed E-state index contributed by atoms with van der Waals surface area (Å²) in [6.07, 6.45) is 4.15. The van der Waals surface area contributed by atoms with Crippen LogP contribution in [-0.2, 0) is 15.8 Å². The fourth-order valence-corrected chi connectivity index (χ4v) is 4.24. The summed E-state index contributed by atoms with van der Waals surface area (Å²) in [7, 11) is 1.73. The van der Waals surface area contributed by atoms with Crippen LogP contribution in [0.2, 0.25) is 0 Å². The molecular weight excluding hydrogens is 379 g/mol. The normalized spacial score (nSPS) is 26.9. The van der Waals surface area contributed by atoms with E-state index in [-0.39, 0.29) is 11.0 Å². The molecule has 4 nitrogen and oxygen atoms in total. The Hall–Kier alpha value is -0.430. The number of H-pyrrole nitrogens is 1. The number of hydrogen-bond acceptors (Lipinski definition) is 3. The van der Waals surface area contributed by atoms with Crippen molar-refractivity contribution in [1.29, 1.82) is 0 Å². The Morgan fingerprint density at radius 1 is 1.43 bits per heavy atom. The monoisotopic (exact) mass is 404 g/mol. The number of methoxy groups -OCH3 is 1. The van der Waals surface area contributed by atoms with Crippen LogP contribution in [0.15, 0.2) is 4.79 Å². The third-order valence-corrected chi connectivity index (χ3v) is 5.35. The van der Waals surface area contributed by atoms with Gasteiger partial charge in [0.25, 0.3) is 5.56 Å². The van der Waals surface area contributed by atoms with E-state index in [9.17, 15) is 4.79 Å². The lowest BCUT2D eigenvalue weighted by Crippen LogP contribution is -2.39. The maximum atomic E-state index is 12.3. The molecule has 1 aromatic heterocycles. The molecule has 1 N–H and O–H groups in total. The number of nitrogens with one attached hydrogen (secondary N) is 1. The predicted molar refractivity (Wildman–Crippen MR) is 92.6 cm³/mol. The smallest absolute Gasteiger partial charge is 0.264 e. The Kier molecular flexibility index (Phi) is 4.83. The molecule has 1 aliphatic carbocycles. The summed E-state index contributed by atoms with van der Waals surface area (Å²) in [5, 5.41) is 0. The highest BCUT2D eigenvalue weighted by atomic mass is 127. The lowest BCUT2D eigenvalue weighted by Gasteiger charge is -2.38. The zero-order valence-corrected chi connectivity index (χ0v) is 15.7. The van der Waals surface area contributed by atoms with Crippen LogP contribution in [0.1, 0.15) is 64.9 Å². The maximum Gasteiger partial charge on any atom is 0.264 e. The molecule has 1 heterocycles. The zero-order valence-electron chi connectivity index (χ0n) is 13.5. The van der Waals surface area contributed by atoms with Crippen LogP contribution >= 0.6 is 22.6 Å². The van der Waals surface area contributed by atoms with Gasteiger partial charge in [-0.1, -0.05) is 34.1 Å². The number of aromatic nitrogens is 2. The van der Waals surface area contributed by atoms with E-state index in [2.05, 4.69) is 55.3 Å². The molecule has 0 saturated heterocycles. The van der Waals surface area contributed by atoms with E-state index >= 15 is 0 Å². The lowest BCUT2D eigenvalue weighted by atomic mass is 9.78. The molecule has 0 spiro atoms. The van der Waals surface area contributed by atoms with Gasteiger partial charge in [0.1, 0.15) is 15.0 Å². The first kappa shape index (κ1) is 16.9. The van der Waals surface area contributed by atoms with Crippen molar-refractivity contribution in [3.8, 4) is 0 Å². The Morgan fingerprint density at radius 2 is 2.10 bits per heavy atom. The molecule has 1 aliphatic rings. The minimum Gasteiger partial charge on any atom is -0.370 e. The van der Waals surface area contributed by atoms with E-state index in [1.54, 1.807) is 7.11 Å². The number of hydrogen-bond donors (Lipinski definition) is 1. The Labute approximate surface area is 140 Å². The lowest BCUT2D eigenvalue weighted by molar-refractivity contribution is -0.0650. The molecule has 2 rings (SSSR count). The van der Waals surface area contributed by atoms with E-state index in [0.29, 0.717) is 15.3 Å². The van der Waals surface area contributed by atoms with Gasteiger partial charge >= 0.3 is 0 Å². The highest BCUT2D eigenvalue weighted by Crippen LogP contribution is 2.41. The van der Waals surface area contributed by atoms with E-state index in [1.807, 2.05) is 0 Å². The molecule has 1 aromatic rings. The van der Waals surface area contributed by atoms with Crippen molar-refractivity contribution in [1.82, 2.24) is 9.97 Å². The van der Waals surface area contributed by atoms with Crippen molar-refractivity contribution in [2.75, 3.05) is 7.11 Å². The van der Waals surface area contributed by atoms with Crippen LogP contribution in [0.4, 0.5) is 0 Å². The SMILES string of the molecule is COC1(c2nc(C(C)(C)C)c(I)c(=O)[nH]2)CCCC(C)C1. The largest absolute Gasteiger partial charge is 0.370 e. The minimum absolute atomic E-state index is 0.0554. The molecule has 0 radical (unpaired) electrons. The van der Waals surface area contributed by atoms with Crippen LogP contribution in [-0.4, -0.2) is 17.1 Å². The van der Waals surface area contributed by atoms with Crippen molar-refractivity contribution in [3.63, 3.8) is 0 Å². The van der Waals surface area contributed by atoms with E-state index in [0.717, 1.165) is 25.0 Å². The molecule has 0 amide bonds. The summed E-state index contributed by atoms with van der Waals surface area (Å²) >= 11 is 2.09. The van der Waals surface area contributed by atoms with Crippen molar-refractivity contribution in [3.05, 3.63) is 25.4 Å². The number of halogens is 1. The fourth-order valence-electron chi connectivity index (χ4n) is 3.17. The number of rotatable bonds is 2. The summed E-state index contributed by atoms with van der Waals surface area (Å²) in [4.78, 5) is 20.1. The van der Waals surface area contributed by atoms with Gasteiger partial charge in [-0.2, -0.15) is 0 Å². The van der Waals surface area contributed by atoms with Gasteiger partial charge in [-0.3, -0.25) is 4.79 Å². The molecule has 1 saturated carbocycles. The molecule has 0 aliphatic heterocycles. The molecule has 2 unspecified atom stereocenters. The second-order valence-electron chi connectivity index (χ2n) is 7.23. The first-order valence-electron chi connectivity index (χ1n) is 7.55. The van der Waals surface area contributed by atoms with E-state index < -0.39 is 5.60 Å². The summed E-state index contributed by atoms with van der Waals surface area (Å²) in [6.45, 7) is 8.50. The van der Waals surface area contributed by atoms with E-state index in [4.69, 9.17) is 9.72 Å². The van der Waals surface area contributed by atoms with Crippen molar-refractivity contribution in [2.24, 2.45) is 5.92 Å². The van der Waals surface area contributed by atoms with Crippen LogP contribution in [0.3, 0.4) is 0 Å². The van der Waals surface area contributed by atoms with Crippen LogP contribution in [0.5, 0.6) is 0 Å². The van der Waals surface area contributed by atoms with Gasteiger partial charge in [0, 0.05) is 12.5 Å². The maximum absolute atomic E-state index is 12.3. The first-order chi connectivity index (χ1) is 9.69. The summed E-state index contributed by atoms with van der Waals surface area (Å²) in [5.41, 5.74) is 0.201. The van der Waals surface area contributed by atoms with Gasteiger partial charge in [-0.25, -0.2) is 4.98 Å². The molecule has 21 heavy (non-hydrogen) atoms. The Balaban J connectivity index is 2.58. The van der Waals surface area contributed by atoms with Crippen LogP contribution < -0.4 is 5.56 Å². The summed E-state index contributed by atoms with van der Waals surface area (Å²) in [5.74, 6) is 1.29. The quantitative estimate of drug-likeness (QED) is 0.765. The predicted octanol–water partition coefficient (Wildman–Crippen LogP) is 3.72. The molecule has 0 bridgehead atoms. The number of aromatic amines is 1. The minimum atomic E-state index is -0.443. The van der Waals surface area contributed by atoms with Gasteiger partial charge in [-0.05, 0) is 47.8 Å². The topological polar surface area (TPSA) is 55.0 Å².